The Kier molecular flexibility index (Phi) is 5.04. The molecule has 0 radical (unpaired) electrons. The van der Waals surface area contributed by atoms with Crippen LogP contribution in [0, 0.1) is 0 Å². The smallest absolute Gasteiger partial charge is 0.204 e. The number of likely N-dealkylation sites (N-methyl/N-ethyl adjacent to an activating group) is 1. The Labute approximate surface area is 127 Å². The molecular weight excluding hydrogens is 266 g/mol. The third-order valence-corrected chi connectivity index (χ3v) is 4.75. The summed E-state index contributed by atoms with van der Waals surface area (Å²) in [5.74, 6) is 0.748. The van der Waals surface area contributed by atoms with E-state index in [0.29, 0.717) is 18.0 Å². The van der Waals surface area contributed by atoms with Gasteiger partial charge in [0, 0.05) is 6.54 Å². The highest BCUT2D eigenvalue weighted by molar-refractivity contribution is 6.04. The highest BCUT2D eigenvalue weighted by Gasteiger charge is 2.43. The molecule has 1 aromatic heterocycles. The lowest BCUT2D eigenvalue weighted by atomic mass is 9.82. The lowest BCUT2D eigenvalue weighted by molar-refractivity contribution is 0.0620. The van der Waals surface area contributed by atoms with Gasteiger partial charge in [-0.3, -0.25) is 14.4 Å². The fourth-order valence-electron chi connectivity index (χ4n) is 3.40. The molecule has 0 spiro atoms. The molecule has 5 heteroatoms. The van der Waals surface area contributed by atoms with Gasteiger partial charge in [0.1, 0.15) is 5.69 Å². The summed E-state index contributed by atoms with van der Waals surface area (Å²) in [6, 6.07) is 0. The molecule has 5 nitrogen and oxygen atoms in total. The third kappa shape index (κ3) is 2.84. The number of Topliss-reactive ketones (excluding diaryl/α,β-unsaturated/α-hetero) is 1. The van der Waals surface area contributed by atoms with Crippen LogP contribution in [0.3, 0.4) is 0 Å². The van der Waals surface area contributed by atoms with Gasteiger partial charge in [0.25, 0.3) is 0 Å². The highest BCUT2D eigenvalue weighted by Crippen LogP contribution is 2.36. The molecular formula is C16H27N3O2. The van der Waals surface area contributed by atoms with Crippen LogP contribution in [0.4, 0.5) is 0 Å². The number of ether oxygens (including phenoxy) is 1. The number of aryl methyl sites for hydroxylation is 1. The Morgan fingerprint density at radius 2 is 1.95 bits per heavy atom. The average molecular weight is 293 g/mol. The van der Waals surface area contributed by atoms with E-state index in [1.165, 1.54) is 12.8 Å². The summed E-state index contributed by atoms with van der Waals surface area (Å²) in [6.07, 6.45) is 8.11. The van der Waals surface area contributed by atoms with Crippen molar-refractivity contribution in [1.29, 1.82) is 0 Å². The van der Waals surface area contributed by atoms with E-state index in [1.807, 2.05) is 21.0 Å². The van der Waals surface area contributed by atoms with Gasteiger partial charge in [0.2, 0.25) is 5.78 Å². The second-order valence-corrected chi connectivity index (χ2v) is 6.05. The standard InChI is InChI=1S/C16H27N3O2/c1-5-19-14(13(21-4)12-17-19)15(20)16(18(2)3)10-8-6-7-9-11-16/h12H,5-11H2,1-4H3. The number of methoxy groups -OCH3 is 1. The van der Waals surface area contributed by atoms with E-state index < -0.39 is 5.54 Å². The predicted molar refractivity (Wildman–Crippen MR) is 82.9 cm³/mol. The number of ketones is 1. The van der Waals surface area contributed by atoms with Crippen molar-refractivity contribution >= 4 is 5.78 Å². The molecule has 1 saturated carbocycles. The van der Waals surface area contributed by atoms with Gasteiger partial charge in [-0.1, -0.05) is 25.7 Å². The monoisotopic (exact) mass is 293 g/mol. The van der Waals surface area contributed by atoms with E-state index in [9.17, 15) is 4.79 Å². The first kappa shape index (κ1) is 16.0. The molecule has 1 heterocycles. The van der Waals surface area contributed by atoms with Crippen LogP contribution in [0.1, 0.15) is 55.9 Å². The second kappa shape index (κ2) is 6.60. The molecule has 0 unspecified atom stereocenters. The van der Waals surface area contributed by atoms with Crippen LogP contribution in [0.2, 0.25) is 0 Å². The van der Waals surface area contributed by atoms with Gasteiger partial charge in [0.05, 0.1) is 18.8 Å². The van der Waals surface area contributed by atoms with Crippen molar-refractivity contribution in [2.45, 2.75) is 57.5 Å². The minimum atomic E-state index is -0.420. The zero-order valence-corrected chi connectivity index (χ0v) is 13.7. The summed E-state index contributed by atoms with van der Waals surface area (Å²) >= 11 is 0. The van der Waals surface area contributed by atoms with Crippen LogP contribution < -0.4 is 4.74 Å². The summed E-state index contributed by atoms with van der Waals surface area (Å²) in [6.45, 7) is 2.67. The summed E-state index contributed by atoms with van der Waals surface area (Å²) in [7, 11) is 5.63. The zero-order chi connectivity index (χ0) is 15.5. The molecule has 21 heavy (non-hydrogen) atoms. The largest absolute Gasteiger partial charge is 0.493 e. The summed E-state index contributed by atoms with van der Waals surface area (Å²) in [4.78, 5) is 15.5. The van der Waals surface area contributed by atoms with Crippen LogP contribution in [0.25, 0.3) is 0 Å². The first-order valence-corrected chi connectivity index (χ1v) is 7.89. The maximum Gasteiger partial charge on any atom is 0.204 e. The van der Waals surface area contributed by atoms with E-state index in [-0.39, 0.29) is 5.78 Å². The molecule has 1 fully saturated rings. The van der Waals surface area contributed by atoms with E-state index in [1.54, 1.807) is 18.0 Å². The number of carbonyl (C=O) groups is 1. The van der Waals surface area contributed by atoms with Gasteiger partial charge in [-0.05, 0) is 33.9 Å². The van der Waals surface area contributed by atoms with Gasteiger partial charge < -0.3 is 4.74 Å². The number of nitrogens with zero attached hydrogens (tertiary/aromatic N) is 3. The molecule has 2 rings (SSSR count). The molecule has 0 bridgehead atoms. The van der Waals surface area contributed by atoms with Gasteiger partial charge in [-0.2, -0.15) is 5.10 Å². The summed E-state index contributed by atoms with van der Waals surface area (Å²) < 4.78 is 7.13. The first-order valence-electron chi connectivity index (χ1n) is 7.89. The van der Waals surface area contributed by atoms with Gasteiger partial charge in [-0.25, -0.2) is 0 Å². The SMILES string of the molecule is CCn1ncc(OC)c1C(=O)C1(N(C)C)CCCCCC1. The van der Waals surface area contributed by atoms with E-state index >= 15 is 0 Å². The maximum atomic E-state index is 13.4. The third-order valence-electron chi connectivity index (χ3n) is 4.75. The summed E-state index contributed by atoms with van der Waals surface area (Å²) in [5, 5.41) is 4.29. The number of hydrogen-bond acceptors (Lipinski definition) is 4. The molecule has 0 amide bonds. The molecule has 0 saturated heterocycles. The van der Waals surface area contributed by atoms with Crippen molar-refractivity contribution in [3.05, 3.63) is 11.9 Å². The Morgan fingerprint density at radius 3 is 2.43 bits per heavy atom. The van der Waals surface area contributed by atoms with E-state index in [0.717, 1.165) is 25.7 Å². The molecule has 1 aliphatic rings. The second-order valence-electron chi connectivity index (χ2n) is 6.05. The molecule has 0 atom stereocenters. The number of hydrogen-bond donors (Lipinski definition) is 0. The quantitative estimate of drug-likeness (QED) is 0.618. The first-order chi connectivity index (χ1) is 10.1. The minimum absolute atomic E-state index is 0.158. The van der Waals surface area contributed by atoms with Crippen molar-refractivity contribution in [2.75, 3.05) is 21.2 Å². The fourth-order valence-corrected chi connectivity index (χ4v) is 3.40. The molecule has 0 N–H and O–H groups in total. The maximum absolute atomic E-state index is 13.4. The van der Waals surface area contributed by atoms with E-state index in [2.05, 4.69) is 10.00 Å². The van der Waals surface area contributed by atoms with Crippen LogP contribution in [0.15, 0.2) is 6.20 Å². The van der Waals surface area contributed by atoms with Crippen molar-refractivity contribution in [2.24, 2.45) is 0 Å². The molecule has 118 valence electrons. The number of rotatable bonds is 5. The molecule has 0 aromatic carbocycles. The average Bonchev–Trinajstić information content (AvgIpc) is 2.73. The molecule has 0 aliphatic heterocycles. The summed E-state index contributed by atoms with van der Waals surface area (Å²) in [5.41, 5.74) is 0.201. The lowest BCUT2D eigenvalue weighted by Gasteiger charge is -2.38. The van der Waals surface area contributed by atoms with Crippen molar-refractivity contribution < 1.29 is 9.53 Å². The lowest BCUT2D eigenvalue weighted by Crippen LogP contribution is -2.51. The van der Waals surface area contributed by atoms with Crippen molar-refractivity contribution in [1.82, 2.24) is 14.7 Å². The minimum Gasteiger partial charge on any atom is -0.493 e. The van der Waals surface area contributed by atoms with Crippen molar-refractivity contribution in [3.8, 4) is 5.75 Å². The highest BCUT2D eigenvalue weighted by atomic mass is 16.5. The van der Waals surface area contributed by atoms with E-state index in [4.69, 9.17) is 4.74 Å². The van der Waals surface area contributed by atoms with Crippen LogP contribution in [-0.2, 0) is 6.54 Å². The predicted octanol–water partition coefficient (Wildman–Crippen LogP) is 2.75. The fraction of sp³-hybridized carbons (Fsp3) is 0.750. The Hall–Kier alpha value is -1.36. The zero-order valence-electron chi connectivity index (χ0n) is 13.7. The topological polar surface area (TPSA) is 47.4 Å². The van der Waals surface area contributed by atoms with Gasteiger partial charge in [-0.15, -0.1) is 0 Å². The number of aromatic nitrogens is 2. The Morgan fingerprint density at radius 1 is 1.33 bits per heavy atom. The van der Waals surface area contributed by atoms with Crippen LogP contribution >= 0.6 is 0 Å². The van der Waals surface area contributed by atoms with Gasteiger partial charge in [0.15, 0.2) is 5.75 Å². The molecule has 1 aromatic rings. The normalized spacial score (nSPS) is 18.5. The van der Waals surface area contributed by atoms with Crippen LogP contribution in [0.5, 0.6) is 5.75 Å². The number of carbonyl (C=O) groups excluding carboxylic acids is 1. The van der Waals surface area contributed by atoms with Gasteiger partial charge >= 0.3 is 0 Å². The van der Waals surface area contributed by atoms with Crippen LogP contribution in [-0.4, -0.2) is 47.2 Å². The Balaban J connectivity index is 2.45. The molecule has 1 aliphatic carbocycles. The Bertz CT molecular complexity index is 464. The van der Waals surface area contributed by atoms with Crippen molar-refractivity contribution in [3.63, 3.8) is 0 Å².